The first kappa shape index (κ1) is 12.4. The Morgan fingerprint density at radius 1 is 1.20 bits per heavy atom. The fraction of sp³-hybridized carbons (Fsp3) is 0.538. The first-order chi connectivity index (χ1) is 7.11. The molecule has 0 saturated heterocycles. The summed E-state index contributed by atoms with van der Waals surface area (Å²) in [4.78, 5) is 0. The Kier molecular flexibility index (Phi) is 5.03. The molecule has 1 N–H and O–H groups in total. The lowest BCUT2D eigenvalue weighted by Crippen LogP contribution is -2.06. The molecular weight excluding hydrogens is 204 g/mol. The van der Waals surface area contributed by atoms with Gasteiger partial charge in [-0.2, -0.15) is 11.8 Å². The summed E-state index contributed by atoms with van der Waals surface area (Å²) in [6.45, 7) is 6.79. The summed E-state index contributed by atoms with van der Waals surface area (Å²) < 4.78 is 0. The first-order valence-corrected chi connectivity index (χ1v) is 6.61. The molecule has 1 aromatic rings. The molecule has 1 rings (SSSR count). The van der Waals surface area contributed by atoms with Crippen molar-refractivity contribution in [2.24, 2.45) is 11.8 Å². The standard InChI is InChI=1S/C13H20OS/c1-10(2)11(3)8-15-9-12-6-4-5-7-13(12)14/h4-7,10-11,14H,8-9H2,1-3H3. The van der Waals surface area contributed by atoms with Crippen molar-refractivity contribution in [3.05, 3.63) is 29.8 Å². The monoisotopic (exact) mass is 224 g/mol. The summed E-state index contributed by atoms with van der Waals surface area (Å²) in [5.41, 5.74) is 1.04. The van der Waals surface area contributed by atoms with Gasteiger partial charge in [0.15, 0.2) is 0 Å². The smallest absolute Gasteiger partial charge is 0.119 e. The van der Waals surface area contributed by atoms with E-state index < -0.39 is 0 Å². The summed E-state index contributed by atoms with van der Waals surface area (Å²) in [5.74, 6) is 3.96. The van der Waals surface area contributed by atoms with Crippen molar-refractivity contribution in [3.8, 4) is 5.75 Å². The summed E-state index contributed by atoms with van der Waals surface area (Å²) in [5, 5.41) is 9.57. The van der Waals surface area contributed by atoms with Gasteiger partial charge < -0.3 is 5.11 Å². The molecule has 1 aromatic carbocycles. The lowest BCUT2D eigenvalue weighted by atomic mass is 10.0. The van der Waals surface area contributed by atoms with Crippen molar-refractivity contribution in [1.82, 2.24) is 0 Å². The molecule has 1 nitrogen and oxygen atoms in total. The van der Waals surface area contributed by atoms with Gasteiger partial charge >= 0.3 is 0 Å². The minimum absolute atomic E-state index is 0.419. The van der Waals surface area contributed by atoms with Crippen LogP contribution < -0.4 is 0 Å². The number of phenolic OH excluding ortho intramolecular Hbond substituents is 1. The van der Waals surface area contributed by atoms with Gasteiger partial charge in [-0.15, -0.1) is 0 Å². The lowest BCUT2D eigenvalue weighted by Gasteiger charge is -2.14. The molecule has 0 heterocycles. The fourth-order valence-electron chi connectivity index (χ4n) is 1.18. The Morgan fingerprint density at radius 2 is 1.87 bits per heavy atom. The Bertz CT molecular complexity index is 296. The van der Waals surface area contributed by atoms with Gasteiger partial charge in [0.25, 0.3) is 0 Å². The molecule has 0 aliphatic heterocycles. The third-order valence-corrected chi connectivity index (χ3v) is 4.04. The van der Waals surface area contributed by atoms with Crippen molar-refractivity contribution >= 4 is 11.8 Å². The second-order valence-electron chi connectivity index (χ2n) is 4.37. The van der Waals surface area contributed by atoms with Gasteiger partial charge in [-0.25, -0.2) is 0 Å². The van der Waals surface area contributed by atoms with Gasteiger partial charge in [0, 0.05) is 11.3 Å². The van der Waals surface area contributed by atoms with Crippen molar-refractivity contribution in [1.29, 1.82) is 0 Å². The van der Waals surface area contributed by atoms with Crippen LogP contribution in [0.4, 0.5) is 0 Å². The van der Waals surface area contributed by atoms with Gasteiger partial charge in [0.05, 0.1) is 0 Å². The van der Waals surface area contributed by atoms with Crippen molar-refractivity contribution in [2.45, 2.75) is 26.5 Å². The highest BCUT2D eigenvalue weighted by atomic mass is 32.2. The Balaban J connectivity index is 2.35. The number of rotatable bonds is 5. The molecule has 0 aliphatic rings. The Hall–Kier alpha value is -0.630. The van der Waals surface area contributed by atoms with Gasteiger partial charge in [0.2, 0.25) is 0 Å². The van der Waals surface area contributed by atoms with Crippen LogP contribution in [0.2, 0.25) is 0 Å². The maximum Gasteiger partial charge on any atom is 0.119 e. The first-order valence-electron chi connectivity index (χ1n) is 5.46. The molecule has 1 atom stereocenters. The second-order valence-corrected chi connectivity index (χ2v) is 5.40. The zero-order valence-electron chi connectivity index (χ0n) is 9.73. The topological polar surface area (TPSA) is 20.2 Å². The number of aromatic hydroxyl groups is 1. The maximum absolute atomic E-state index is 9.57. The SMILES string of the molecule is CC(C)C(C)CSCc1ccccc1O. The van der Waals surface area contributed by atoms with Crippen molar-refractivity contribution in [2.75, 3.05) is 5.75 Å². The van der Waals surface area contributed by atoms with E-state index in [0.29, 0.717) is 5.75 Å². The van der Waals surface area contributed by atoms with Crippen LogP contribution in [0.25, 0.3) is 0 Å². The van der Waals surface area contributed by atoms with E-state index >= 15 is 0 Å². The zero-order valence-corrected chi connectivity index (χ0v) is 10.6. The number of phenols is 1. The van der Waals surface area contributed by atoms with E-state index in [2.05, 4.69) is 20.8 Å². The van der Waals surface area contributed by atoms with Gasteiger partial charge in [-0.05, 0) is 23.7 Å². The molecule has 0 aliphatic carbocycles. The number of hydrogen-bond acceptors (Lipinski definition) is 2. The van der Waals surface area contributed by atoms with Crippen LogP contribution >= 0.6 is 11.8 Å². The van der Waals surface area contributed by atoms with Crippen LogP contribution in [0.1, 0.15) is 26.3 Å². The third-order valence-electron chi connectivity index (χ3n) is 2.77. The van der Waals surface area contributed by atoms with Crippen molar-refractivity contribution in [3.63, 3.8) is 0 Å². The predicted octanol–water partition coefficient (Wildman–Crippen LogP) is 3.92. The molecule has 1 unspecified atom stereocenters. The van der Waals surface area contributed by atoms with Crippen LogP contribution in [0.5, 0.6) is 5.75 Å². The highest BCUT2D eigenvalue weighted by Crippen LogP contribution is 2.24. The van der Waals surface area contributed by atoms with Gasteiger partial charge in [0.1, 0.15) is 5.75 Å². The van der Waals surface area contributed by atoms with E-state index in [-0.39, 0.29) is 0 Å². The van der Waals surface area contributed by atoms with E-state index in [4.69, 9.17) is 0 Å². The molecule has 0 amide bonds. The van der Waals surface area contributed by atoms with E-state index in [1.165, 1.54) is 0 Å². The molecule has 2 heteroatoms. The number of benzene rings is 1. The molecule has 0 aromatic heterocycles. The normalized spacial score (nSPS) is 13.1. The summed E-state index contributed by atoms with van der Waals surface area (Å²) in [7, 11) is 0. The zero-order chi connectivity index (χ0) is 11.3. The minimum Gasteiger partial charge on any atom is -0.508 e. The molecule has 84 valence electrons. The van der Waals surface area contributed by atoms with E-state index in [1.807, 2.05) is 30.0 Å². The largest absolute Gasteiger partial charge is 0.508 e. The van der Waals surface area contributed by atoms with E-state index in [9.17, 15) is 5.11 Å². The molecule has 0 radical (unpaired) electrons. The summed E-state index contributed by atoms with van der Waals surface area (Å²) in [6, 6.07) is 7.58. The quantitative estimate of drug-likeness (QED) is 0.818. The Morgan fingerprint density at radius 3 is 2.47 bits per heavy atom. The van der Waals surface area contributed by atoms with Crippen LogP contribution in [0.15, 0.2) is 24.3 Å². The summed E-state index contributed by atoms with van der Waals surface area (Å²) >= 11 is 1.90. The number of thioether (sulfide) groups is 1. The second kappa shape index (κ2) is 6.06. The fourth-order valence-corrected chi connectivity index (χ4v) is 2.52. The number of para-hydroxylation sites is 1. The Labute approximate surface area is 96.9 Å². The van der Waals surface area contributed by atoms with Gasteiger partial charge in [-0.1, -0.05) is 39.0 Å². The number of hydrogen-bond donors (Lipinski definition) is 1. The molecular formula is C13H20OS. The molecule has 0 spiro atoms. The van der Waals surface area contributed by atoms with Crippen LogP contribution in [0, 0.1) is 11.8 Å². The lowest BCUT2D eigenvalue weighted by molar-refractivity contribution is 0.464. The molecule has 0 fully saturated rings. The average Bonchev–Trinajstić information content (AvgIpc) is 2.20. The van der Waals surface area contributed by atoms with Crippen LogP contribution in [-0.4, -0.2) is 10.9 Å². The van der Waals surface area contributed by atoms with Gasteiger partial charge in [-0.3, -0.25) is 0 Å². The summed E-state index contributed by atoms with van der Waals surface area (Å²) in [6.07, 6.45) is 0. The predicted molar refractivity (Wildman–Crippen MR) is 68.3 cm³/mol. The third kappa shape index (κ3) is 4.17. The highest BCUT2D eigenvalue weighted by molar-refractivity contribution is 7.98. The molecule has 0 saturated carbocycles. The van der Waals surface area contributed by atoms with E-state index in [1.54, 1.807) is 6.07 Å². The maximum atomic E-state index is 9.57. The van der Waals surface area contributed by atoms with E-state index in [0.717, 1.165) is 28.9 Å². The highest BCUT2D eigenvalue weighted by Gasteiger charge is 2.07. The van der Waals surface area contributed by atoms with Crippen LogP contribution in [0.3, 0.4) is 0 Å². The molecule has 15 heavy (non-hydrogen) atoms. The minimum atomic E-state index is 0.419. The van der Waals surface area contributed by atoms with Crippen molar-refractivity contribution < 1.29 is 5.11 Å². The van der Waals surface area contributed by atoms with Crippen LogP contribution in [-0.2, 0) is 5.75 Å². The average molecular weight is 224 g/mol. The molecule has 0 bridgehead atoms.